The molecule has 0 saturated heterocycles. The second-order valence-electron chi connectivity index (χ2n) is 12.4. The summed E-state index contributed by atoms with van der Waals surface area (Å²) in [7, 11) is -5.05. The molecule has 0 saturated carbocycles. The van der Waals surface area contributed by atoms with E-state index in [1.54, 1.807) is 39.8 Å². The molecule has 2 aromatic carbocycles. The molecule has 4 unspecified atom stereocenters. The van der Waals surface area contributed by atoms with Gasteiger partial charge in [-0.05, 0) is 86.3 Å². The summed E-state index contributed by atoms with van der Waals surface area (Å²) >= 11 is 12.8. The van der Waals surface area contributed by atoms with Crippen LogP contribution in [-0.2, 0) is 19.5 Å². The van der Waals surface area contributed by atoms with E-state index in [9.17, 15) is 38.7 Å². The predicted octanol–water partition coefficient (Wildman–Crippen LogP) is -3.70. The van der Waals surface area contributed by atoms with Crippen LogP contribution >= 0.6 is 35.2 Å². The summed E-state index contributed by atoms with van der Waals surface area (Å²) in [6, 6.07) is 8.61. The van der Waals surface area contributed by atoms with Gasteiger partial charge in [0.1, 0.15) is 10.1 Å². The van der Waals surface area contributed by atoms with Crippen molar-refractivity contribution in [2.75, 3.05) is 46.6 Å². The van der Waals surface area contributed by atoms with Gasteiger partial charge in [0.05, 0.1) is 41.4 Å². The van der Waals surface area contributed by atoms with Crippen LogP contribution in [0.3, 0.4) is 0 Å². The van der Waals surface area contributed by atoms with Crippen molar-refractivity contribution in [3.05, 3.63) is 58.1 Å². The van der Waals surface area contributed by atoms with Gasteiger partial charge in [0.2, 0.25) is 34.4 Å². The molecule has 6 N–H and O–H groups in total. The van der Waals surface area contributed by atoms with Crippen LogP contribution < -0.4 is 84.8 Å². The Morgan fingerprint density at radius 1 is 0.724 bits per heavy atom. The van der Waals surface area contributed by atoms with Crippen molar-refractivity contribution in [2.24, 2.45) is 0 Å². The Hall–Kier alpha value is -2.04. The first-order valence-corrected chi connectivity index (χ1v) is 19.4. The van der Waals surface area contributed by atoms with Crippen LogP contribution in [-0.4, -0.2) is 114 Å². The molecule has 26 heteroatoms. The number of anilines is 6. The van der Waals surface area contributed by atoms with E-state index in [0.717, 1.165) is 6.07 Å². The van der Waals surface area contributed by atoms with Crippen molar-refractivity contribution in [1.29, 1.82) is 0 Å². The molecular weight excluding hydrogens is 865 g/mol. The summed E-state index contributed by atoms with van der Waals surface area (Å²) in [5.41, 5.74) is 0.890. The molecule has 0 radical (unpaired) electrons. The van der Waals surface area contributed by atoms with E-state index in [2.05, 4.69) is 49.9 Å². The van der Waals surface area contributed by atoms with Crippen LogP contribution in [0.5, 0.6) is 0 Å². The van der Waals surface area contributed by atoms with Crippen molar-refractivity contribution in [2.45, 2.75) is 61.9 Å². The molecule has 0 bridgehead atoms. The Kier molecular flexibility index (Phi) is 21.9. The van der Waals surface area contributed by atoms with Gasteiger partial charge >= 0.3 is 59.1 Å². The minimum atomic E-state index is -5.05. The average molecular weight is 904 g/mol. The third-order valence-electron chi connectivity index (χ3n) is 7.10. The largest absolute Gasteiger partial charge is 1.00 e. The molecule has 4 rings (SSSR count). The summed E-state index contributed by atoms with van der Waals surface area (Å²) in [6.07, 6.45) is -0.340. The van der Waals surface area contributed by atoms with E-state index in [1.807, 2.05) is 0 Å². The smallest absolute Gasteiger partial charge is 0.744 e. The molecule has 0 aliphatic rings. The molecule has 0 aliphatic heterocycles. The van der Waals surface area contributed by atoms with E-state index in [0.29, 0.717) is 28.2 Å². The maximum Gasteiger partial charge on any atom is 1.00 e. The monoisotopic (exact) mass is 902 g/mol. The zero-order valence-electron chi connectivity index (χ0n) is 32.1. The van der Waals surface area contributed by atoms with E-state index in [-0.39, 0.29) is 131 Å². The molecule has 2 aromatic heterocycles. The molecule has 0 fully saturated rings. The number of nitrogens with one attached hydrogen (secondary N) is 2. The van der Waals surface area contributed by atoms with Crippen LogP contribution in [0.1, 0.15) is 38.8 Å². The fourth-order valence-corrected chi connectivity index (χ4v) is 6.62. The maximum atomic E-state index is 12.4. The van der Waals surface area contributed by atoms with Gasteiger partial charge in [-0.1, -0.05) is 24.3 Å². The molecule has 304 valence electrons. The minimum Gasteiger partial charge on any atom is -0.744 e. The third kappa shape index (κ3) is 16.8. The summed E-state index contributed by atoms with van der Waals surface area (Å²) in [4.78, 5) is 27.6. The van der Waals surface area contributed by atoms with Crippen LogP contribution in [0.4, 0.5) is 35.2 Å². The summed E-state index contributed by atoms with van der Waals surface area (Å²) in [6.45, 7) is 6.53. The van der Waals surface area contributed by atoms with E-state index >= 15 is 0 Å². The molecule has 20 nitrogen and oxygen atoms in total. The summed E-state index contributed by atoms with van der Waals surface area (Å²) in [5, 5.41) is 59.4. The molecular formula is C32H38Cl2N10Na2O10S2. The second-order valence-corrected chi connectivity index (χ2v) is 15.2. The molecule has 0 amide bonds. The van der Waals surface area contributed by atoms with Crippen LogP contribution in [0.15, 0.2) is 46.2 Å². The quantitative estimate of drug-likeness (QED) is 0.0124. The summed E-state index contributed by atoms with van der Waals surface area (Å²) < 4.78 is 41.8. The Morgan fingerprint density at radius 3 is 1.55 bits per heavy atom. The number of rotatable bonds is 20. The number of benzene rings is 2. The van der Waals surface area contributed by atoms with Gasteiger partial charge in [0.25, 0.3) is 0 Å². The Morgan fingerprint density at radius 2 is 1.14 bits per heavy atom. The zero-order valence-corrected chi connectivity index (χ0v) is 39.3. The maximum absolute atomic E-state index is 12.4. The Balaban J connectivity index is 0.00000580. The normalized spacial score (nSPS) is 13.5. The van der Waals surface area contributed by atoms with Crippen molar-refractivity contribution < 1.29 is 107 Å². The SMILES string of the molecule is CC(O)CN(CC(C)O)c1nc(Cl)nc(Nc2ccc(/C=C/c3ccc(Nc4nc(Cl)nc(N(CC(C)O)CC(C)O)n4)cc3S(=O)(=O)[O-])c(SOO[O-])c2)n1.[Na+].[Na+]. The average Bonchev–Trinajstić information content (AvgIpc) is 3.08. The van der Waals surface area contributed by atoms with Crippen molar-refractivity contribution in [3.63, 3.8) is 0 Å². The second kappa shape index (κ2) is 24.4. The van der Waals surface area contributed by atoms with Crippen molar-refractivity contribution in [3.8, 4) is 0 Å². The van der Waals surface area contributed by atoms with E-state index < -0.39 is 39.4 Å². The molecule has 58 heavy (non-hydrogen) atoms. The number of nitrogens with zero attached hydrogens (tertiary/aromatic N) is 8. The molecule has 0 aliphatic carbocycles. The van der Waals surface area contributed by atoms with E-state index in [1.165, 1.54) is 40.2 Å². The van der Waals surface area contributed by atoms with Crippen LogP contribution in [0, 0.1) is 0 Å². The molecule has 4 aromatic rings. The Bertz CT molecular complexity index is 2080. The fourth-order valence-electron chi connectivity index (χ4n) is 5.10. The molecule has 4 atom stereocenters. The molecule has 2 heterocycles. The topological polar surface area (TPSA) is 288 Å². The number of hydrogen-bond donors (Lipinski definition) is 6. The van der Waals surface area contributed by atoms with Crippen molar-refractivity contribution >= 4 is 92.7 Å². The number of aromatic nitrogens is 6. The number of aliphatic hydroxyl groups is 4. The predicted molar refractivity (Wildman–Crippen MR) is 205 cm³/mol. The van der Waals surface area contributed by atoms with Crippen LogP contribution in [0.25, 0.3) is 12.2 Å². The van der Waals surface area contributed by atoms with Gasteiger partial charge in [-0.15, -0.1) is 0 Å². The van der Waals surface area contributed by atoms with Crippen LogP contribution in [0.2, 0.25) is 10.6 Å². The minimum absolute atomic E-state index is 0. The third-order valence-corrected chi connectivity index (χ3v) is 8.99. The zero-order chi connectivity index (χ0) is 41.2. The Labute approximate surface area is 392 Å². The fraction of sp³-hybridized carbons (Fsp3) is 0.375. The number of hydrogen-bond acceptors (Lipinski definition) is 21. The first-order valence-electron chi connectivity index (χ1n) is 16.5. The van der Waals surface area contributed by atoms with Gasteiger partial charge < -0.3 is 50.7 Å². The van der Waals surface area contributed by atoms with Gasteiger partial charge in [0.15, 0.2) is 0 Å². The first kappa shape index (κ1) is 52.1. The van der Waals surface area contributed by atoms with Gasteiger partial charge in [0, 0.05) is 42.4 Å². The first-order chi connectivity index (χ1) is 26.4. The standard InChI is InChI=1S/C32H40Cl2N10O10S2.2Na/c1-17(45)13-43(14-18(2)46)31-39-27(33)37-29(41-31)35-23-9-7-21(25(11-23)55-54-53-49)5-6-22-8-10-24(12-26(22)56(50,51)52)36-30-38-28(34)40-32(42-30)44(15-19(3)47)16-20(4)48;;/h5-12,17-20,45-49H,13-16H2,1-4H3,(H,50,51,52)(H,35,37,39,41)(H,36,38,40,42);;/q;2*+1/p-2/b6-5+;;. The van der Waals surface area contributed by atoms with E-state index in [4.69, 9.17) is 23.2 Å². The van der Waals surface area contributed by atoms with Gasteiger partial charge in [-0.3, -0.25) is 5.04 Å². The van der Waals surface area contributed by atoms with Gasteiger partial charge in [-0.25, -0.2) is 8.42 Å². The summed E-state index contributed by atoms with van der Waals surface area (Å²) in [5.74, 6) is 0.0154. The molecule has 0 spiro atoms. The number of halogens is 2. The number of aliphatic hydroxyl groups excluding tert-OH is 4. The van der Waals surface area contributed by atoms with Crippen molar-refractivity contribution in [1.82, 2.24) is 29.9 Å². The van der Waals surface area contributed by atoms with Gasteiger partial charge in [-0.2, -0.15) is 34.2 Å².